The van der Waals surface area contributed by atoms with Crippen molar-refractivity contribution in [3.63, 3.8) is 0 Å². The Labute approximate surface area is 381 Å². The van der Waals surface area contributed by atoms with Crippen LogP contribution in [-0.4, -0.2) is 105 Å². The van der Waals surface area contributed by atoms with Gasteiger partial charge in [0.2, 0.25) is 11.8 Å². The molecule has 6 N–H and O–H groups in total. The van der Waals surface area contributed by atoms with E-state index >= 15 is 0 Å². The number of piperidine rings is 1. The van der Waals surface area contributed by atoms with Gasteiger partial charge >= 0.3 is 0 Å². The number of anilines is 2. The number of hydrogen-bond acceptors (Lipinski definition) is 12. The number of pyridine rings is 1. The van der Waals surface area contributed by atoms with Crippen LogP contribution in [0, 0.1) is 35.0 Å². The molecule has 342 valence electrons. The minimum Gasteiger partial charge on any atom is -0.475 e. The highest BCUT2D eigenvalue weighted by Gasteiger charge is 2.49. The summed E-state index contributed by atoms with van der Waals surface area (Å²) in [5, 5.41) is 21.8. The Morgan fingerprint density at radius 1 is 1.03 bits per heavy atom. The fraction of sp³-hybridized carbons (Fsp3) is 0.551. The van der Waals surface area contributed by atoms with Crippen LogP contribution in [-0.2, 0) is 9.59 Å². The van der Waals surface area contributed by atoms with Crippen LogP contribution in [0.25, 0.3) is 20.9 Å². The maximum absolute atomic E-state index is 14.5. The van der Waals surface area contributed by atoms with Gasteiger partial charge < -0.3 is 36.4 Å². The zero-order chi connectivity index (χ0) is 45.1. The second kappa shape index (κ2) is 17.5. The molecule has 16 heteroatoms. The fourth-order valence-corrected chi connectivity index (χ4v) is 12.6. The first kappa shape index (κ1) is 43.5. The van der Waals surface area contributed by atoms with Gasteiger partial charge in [0.15, 0.2) is 6.17 Å². The molecule has 10 rings (SSSR count). The molecule has 3 aliphatic heterocycles. The van der Waals surface area contributed by atoms with Gasteiger partial charge in [0.25, 0.3) is 17.7 Å². The van der Waals surface area contributed by atoms with Crippen molar-refractivity contribution < 1.29 is 33.4 Å². The van der Waals surface area contributed by atoms with Crippen molar-refractivity contribution in [2.75, 3.05) is 31.2 Å². The number of aliphatic hydroxyl groups excluding tert-OH is 1. The molecule has 4 aromatic rings. The molecule has 2 aromatic carbocycles. The number of alkyl halides is 1. The zero-order valence-corrected chi connectivity index (χ0v) is 37.7. The van der Waals surface area contributed by atoms with Gasteiger partial charge in [-0.05, 0) is 131 Å². The molecule has 4 amide bonds. The van der Waals surface area contributed by atoms with E-state index in [4.69, 9.17) is 10.5 Å². The van der Waals surface area contributed by atoms with Gasteiger partial charge in [-0.1, -0.05) is 24.8 Å². The number of aromatic nitrogens is 2. The molecule has 65 heavy (non-hydrogen) atoms. The molecule has 1 spiro atoms. The summed E-state index contributed by atoms with van der Waals surface area (Å²) >= 11 is 1.31. The summed E-state index contributed by atoms with van der Waals surface area (Å²) in [4.78, 5) is 59.2. The van der Waals surface area contributed by atoms with Gasteiger partial charge in [-0.3, -0.25) is 24.1 Å². The van der Waals surface area contributed by atoms with Crippen molar-refractivity contribution >= 4 is 67.5 Å². The molecule has 0 bridgehead atoms. The molecular weight excluding hydrogens is 848 g/mol. The summed E-state index contributed by atoms with van der Waals surface area (Å²) in [6, 6.07) is 8.89. The summed E-state index contributed by atoms with van der Waals surface area (Å²) in [6.07, 6.45) is 11.0. The molecule has 5 heterocycles. The number of nitrogens with two attached hydrogens (primary N) is 1. The Morgan fingerprint density at radius 3 is 2.57 bits per heavy atom. The van der Waals surface area contributed by atoms with Crippen molar-refractivity contribution in [1.29, 1.82) is 0 Å². The quantitative estimate of drug-likeness (QED) is 0.0906. The third-order valence-corrected chi connectivity index (χ3v) is 16.4. The first-order valence-corrected chi connectivity index (χ1v) is 24.2. The summed E-state index contributed by atoms with van der Waals surface area (Å²) in [6.45, 7) is 3.08. The Kier molecular flexibility index (Phi) is 11.7. The SMILES string of the molecule is CCC1C(COc2ncc(C#CC3CCC(CN(C)C4CCC5(CC4)CC(Nc4cccc6c4C(=O)N(C4CCC(=O)NC4O)C6=O)C5)CC3)c3cc4c(N)nsc4cc23)NC(=O)[C@H]1F. The van der Waals surface area contributed by atoms with Crippen LogP contribution < -0.4 is 26.4 Å². The molecule has 0 radical (unpaired) electrons. The van der Waals surface area contributed by atoms with Crippen LogP contribution in [0.2, 0.25) is 0 Å². The van der Waals surface area contributed by atoms with E-state index in [-0.39, 0.29) is 31.4 Å². The van der Waals surface area contributed by atoms with Crippen LogP contribution in [0.3, 0.4) is 0 Å². The molecular formula is C49H57FN8O6S. The number of carbonyl (C=O) groups is 4. The Balaban J connectivity index is 0.707. The molecule has 3 saturated carbocycles. The Bertz CT molecular complexity index is 2600. The molecule has 3 aliphatic carbocycles. The van der Waals surface area contributed by atoms with Crippen LogP contribution in [0.1, 0.15) is 117 Å². The zero-order valence-electron chi connectivity index (χ0n) is 36.9. The van der Waals surface area contributed by atoms with Gasteiger partial charge in [0, 0.05) is 64.9 Å². The second-order valence-electron chi connectivity index (χ2n) is 19.6. The molecule has 2 saturated heterocycles. The monoisotopic (exact) mass is 904 g/mol. The Hall–Kier alpha value is -5.37. The van der Waals surface area contributed by atoms with Crippen molar-refractivity contribution in [2.24, 2.45) is 23.2 Å². The van der Waals surface area contributed by atoms with E-state index < -0.39 is 48.1 Å². The average molecular weight is 905 g/mol. The lowest BCUT2D eigenvalue weighted by molar-refractivity contribution is -0.129. The van der Waals surface area contributed by atoms with Crippen molar-refractivity contribution in [3.8, 4) is 17.7 Å². The van der Waals surface area contributed by atoms with E-state index in [1.165, 1.54) is 37.2 Å². The molecule has 5 fully saturated rings. The van der Waals surface area contributed by atoms with E-state index in [1.807, 2.05) is 25.1 Å². The second-order valence-corrected chi connectivity index (χ2v) is 20.4. The molecule has 14 nitrogen and oxygen atoms in total. The number of imide groups is 1. The van der Waals surface area contributed by atoms with Gasteiger partial charge in [-0.25, -0.2) is 9.37 Å². The minimum absolute atomic E-state index is 0.117. The number of nitrogens with one attached hydrogen (secondary N) is 3. The third kappa shape index (κ3) is 8.18. The van der Waals surface area contributed by atoms with E-state index in [0.717, 1.165) is 76.4 Å². The number of rotatable bonds is 10. The predicted molar refractivity (Wildman–Crippen MR) is 246 cm³/mol. The van der Waals surface area contributed by atoms with Gasteiger partial charge in [-0.2, -0.15) is 4.37 Å². The first-order valence-electron chi connectivity index (χ1n) is 23.4. The number of hydrogen-bond donors (Lipinski definition) is 5. The number of aliphatic hydroxyl groups is 1. The molecule has 6 aliphatic rings. The summed E-state index contributed by atoms with van der Waals surface area (Å²) in [7, 11) is 2.29. The average Bonchev–Trinajstić information content (AvgIpc) is 3.89. The van der Waals surface area contributed by atoms with E-state index in [1.54, 1.807) is 18.3 Å². The van der Waals surface area contributed by atoms with E-state index in [9.17, 15) is 28.7 Å². The number of fused-ring (bicyclic) bond motifs is 3. The highest BCUT2D eigenvalue weighted by molar-refractivity contribution is 7.13. The number of nitrogen functional groups attached to an aromatic ring is 1. The highest BCUT2D eigenvalue weighted by Crippen LogP contribution is 2.53. The topological polar surface area (TPSA) is 192 Å². The van der Waals surface area contributed by atoms with Crippen LogP contribution >= 0.6 is 11.5 Å². The fourth-order valence-electron chi connectivity index (χ4n) is 11.8. The third-order valence-electron chi connectivity index (χ3n) is 15.6. The lowest BCUT2D eigenvalue weighted by atomic mass is 9.57. The van der Waals surface area contributed by atoms with Gasteiger partial charge in [-0.15, -0.1) is 0 Å². The normalized spacial score (nSPS) is 31.2. The predicted octanol–water partition coefficient (Wildman–Crippen LogP) is 6.15. The standard InChI is InChI=1S/C49H57FN8O6S/c1-3-31-37(54-45(61)42(31)50)25-64-46-34-20-39-35(43(51)56-65-39)19-33(34)28(23-52-46)12-11-26-7-9-27(10-8-26)24-57(2)30-15-17-49(18-16-30)21-29(22-49)53-36-6-4-5-32-41(36)48(63)58(47(32)62)38-13-14-40(59)55-44(38)60/h4-6,19-20,23,26-27,29-31,37-38,42,44,53,60H,3,7-10,13-18,21-22,24-25H2,1-2H3,(H2,51,56)(H,54,61)(H,55,59)/t26?,27?,29?,30?,31?,37?,38?,42-,44?,49?/m0/s1. The summed E-state index contributed by atoms with van der Waals surface area (Å²) in [5.74, 6) is 6.68. The molecule has 4 unspecified atom stereocenters. The largest absolute Gasteiger partial charge is 0.475 e. The van der Waals surface area contributed by atoms with E-state index in [0.29, 0.717) is 58.2 Å². The number of halogens is 1. The van der Waals surface area contributed by atoms with Crippen LogP contribution in [0.15, 0.2) is 36.5 Å². The molecule has 5 atom stereocenters. The van der Waals surface area contributed by atoms with Gasteiger partial charge in [0.1, 0.15) is 18.7 Å². The summed E-state index contributed by atoms with van der Waals surface area (Å²) < 4.78 is 25.9. The highest BCUT2D eigenvalue weighted by atomic mass is 32.1. The number of benzene rings is 2. The number of nitrogens with zero attached hydrogens (tertiary/aromatic N) is 4. The van der Waals surface area contributed by atoms with E-state index in [2.05, 4.69) is 49.1 Å². The van der Waals surface area contributed by atoms with Crippen LogP contribution in [0.5, 0.6) is 5.88 Å². The van der Waals surface area contributed by atoms with Gasteiger partial charge in [0.05, 0.1) is 33.5 Å². The first-order chi connectivity index (χ1) is 31.4. The number of carbonyl (C=O) groups excluding carboxylic acids is 4. The summed E-state index contributed by atoms with van der Waals surface area (Å²) in [5.41, 5.74) is 8.71. The number of ether oxygens (including phenoxy) is 1. The van der Waals surface area contributed by atoms with Crippen molar-refractivity contribution in [3.05, 3.63) is 53.2 Å². The van der Waals surface area contributed by atoms with Crippen LogP contribution in [0.4, 0.5) is 15.9 Å². The number of amides is 4. The maximum atomic E-state index is 14.5. The van der Waals surface area contributed by atoms with Crippen molar-refractivity contribution in [1.82, 2.24) is 29.8 Å². The Morgan fingerprint density at radius 2 is 1.82 bits per heavy atom. The smallest absolute Gasteiger partial charge is 0.264 e. The molecule has 2 aromatic heterocycles. The minimum atomic E-state index is -1.54. The maximum Gasteiger partial charge on any atom is 0.264 e. The lowest BCUT2D eigenvalue weighted by Gasteiger charge is -2.53. The lowest BCUT2D eigenvalue weighted by Crippen LogP contribution is -2.57. The van der Waals surface area contributed by atoms with Crippen molar-refractivity contribution in [2.45, 2.75) is 127 Å².